The predicted molar refractivity (Wildman–Crippen MR) is 110 cm³/mol. The monoisotopic (exact) mass is 450 g/mol. The Labute approximate surface area is 175 Å². The normalized spacial score (nSPS) is 15.3. The molecular formula is C23H15BrO5. The summed E-state index contributed by atoms with van der Waals surface area (Å²) in [4.78, 5) is 12.7. The summed E-state index contributed by atoms with van der Waals surface area (Å²) < 4.78 is 23.4. The number of allylic oxidation sites excluding steroid dienone is 1. The van der Waals surface area contributed by atoms with E-state index < -0.39 is 0 Å². The quantitative estimate of drug-likeness (QED) is 0.499. The third-order valence-corrected chi connectivity index (χ3v) is 5.18. The third-order valence-electron chi connectivity index (χ3n) is 4.65. The number of ether oxygens (including phenoxy) is 4. The van der Waals surface area contributed by atoms with E-state index in [1.54, 1.807) is 24.3 Å². The van der Waals surface area contributed by atoms with Gasteiger partial charge in [0.05, 0.1) is 5.56 Å². The van der Waals surface area contributed by atoms with Gasteiger partial charge in [0, 0.05) is 10.5 Å². The van der Waals surface area contributed by atoms with Crippen LogP contribution in [0.4, 0.5) is 0 Å². The van der Waals surface area contributed by atoms with Gasteiger partial charge in [-0.15, -0.1) is 0 Å². The highest BCUT2D eigenvalue weighted by Gasteiger charge is 2.28. The van der Waals surface area contributed by atoms with Crippen LogP contribution in [-0.2, 0) is 6.61 Å². The number of halogens is 1. The molecule has 3 aromatic rings. The Kier molecular flexibility index (Phi) is 4.48. The fourth-order valence-corrected chi connectivity index (χ4v) is 3.42. The van der Waals surface area contributed by atoms with Crippen LogP contribution in [0.3, 0.4) is 0 Å². The summed E-state index contributed by atoms with van der Waals surface area (Å²) in [6.45, 7) is 0.638. The second-order valence-corrected chi connectivity index (χ2v) is 7.54. The second-order valence-electron chi connectivity index (χ2n) is 6.63. The van der Waals surface area contributed by atoms with E-state index in [1.807, 2.05) is 42.5 Å². The Bertz CT molecular complexity index is 1130. The Balaban J connectivity index is 1.33. The number of Topliss-reactive ketones (excluding diaryl/α,β-unsaturated/α-hetero) is 1. The van der Waals surface area contributed by atoms with Crippen LogP contribution in [0.1, 0.15) is 21.5 Å². The summed E-state index contributed by atoms with van der Waals surface area (Å²) in [6.07, 6.45) is 1.70. The Morgan fingerprint density at radius 2 is 1.76 bits per heavy atom. The molecule has 0 saturated carbocycles. The van der Waals surface area contributed by atoms with Crippen molar-refractivity contribution in [1.29, 1.82) is 0 Å². The summed E-state index contributed by atoms with van der Waals surface area (Å²) in [5.41, 5.74) is 2.37. The maximum absolute atomic E-state index is 12.7. The lowest BCUT2D eigenvalue weighted by atomic mass is 10.1. The molecule has 0 N–H and O–H groups in total. The smallest absolute Gasteiger partial charge is 0.231 e. The Hall–Kier alpha value is -3.25. The molecule has 2 heterocycles. The molecule has 144 valence electrons. The van der Waals surface area contributed by atoms with Crippen molar-refractivity contribution in [3.05, 3.63) is 87.6 Å². The second kappa shape index (κ2) is 7.29. The SMILES string of the molecule is O=C1/C(=C/c2ccc3c(c2)OCO3)Oc2cc(OCc3ccc(Br)cc3)ccc21. The molecule has 29 heavy (non-hydrogen) atoms. The minimum absolute atomic E-state index is 0.155. The standard InChI is InChI=1S/C23H15BrO5/c24-16-4-1-14(2-5-16)12-26-17-6-7-18-20(11-17)29-22(23(18)25)10-15-3-8-19-21(9-15)28-13-27-19/h1-11H,12-13H2/b22-10-. The first-order chi connectivity index (χ1) is 14.2. The lowest BCUT2D eigenvalue weighted by molar-refractivity contribution is 0.101. The van der Waals surface area contributed by atoms with Crippen molar-refractivity contribution in [2.45, 2.75) is 6.61 Å². The van der Waals surface area contributed by atoms with E-state index in [0.717, 1.165) is 15.6 Å². The van der Waals surface area contributed by atoms with Gasteiger partial charge in [-0.2, -0.15) is 0 Å². The molecule has 6 heteroatoms. The summed E-state index contributed by atoms with van der Waals surface area (Å²) >= 11 is 3.42. The van der Waals surface area contributed by atoms with Crippen molar-refractivity contribution in [3.8, 4) is 23.0 Å². The average Bonchev–Trinajstić information content (AvgIpc) is 3.32. The van der Waals surface area contributed by atoms with Crippen molar-refractivity contribution in [1.82, 2.24) is 0 Å². The number of carbonyl (C=O) groups is 1. The topological polar surface area (TPSA) is 54.0 Å². The van der Waals surface area contributed by atoms with E-state index in [2.05, 4.69) is 15.9 Å². The van der Waals surface area contributed by atoms with Gasteiger partial charge >= 0.3 is 0 Å². The molecule has 0 spiro atoms. The highest BCUT2D eigenvalue weighted by atomic mass is 79.9. The van der Waals surface area contributed by atoms with Crippen LogP contribution in [0.2, 0.25) is 0 Å². The van der Waals surface area contributed by atoms with E-state index in [9.17, 15) is 4.79 Å². The zero-order chi connectivity index (χ0) is 19.8. The van der Waals surface area contributed by atoms with E-state index >= 15 is 0 Å². The van der Waals surface area contributed by atoms with E-state index in [1.165, 1.54) is 0 Å². The van der Waals surface area contributed by atoms with Gasteiger partial charge in [-0.25, -0.2) is 0 Å². The van der Waals surface area contributed by atoms with E-state index in [0.29, 0.717) is 35.2 Å². The number of hydrogen-bond acceptors (Lipinski definition) is 5. The van der Waals surface area contributed by atoms with Crippen LogP contribution in [0.25, 0.3) is 6.08 Å². The molecule has 0 unspecified atom stereocenters. The molecule has 0 aromatic heterocycles. The van der Waals surface area contributed by atoms with Gasteiger partial charge in [0.1, 0.15) is 18.1 Å². The first-order valence-corrected chi connectivity index (χ1v) is 9.80. The van der Waals surface area contributed by atoms with Gasteiger partial charge in [-0.3, -0.25) is 4.79 Å². The van der Waals surface area contributed by atoms with Crippen molar-refractivity contribution in [3.63, 3.8) is 0 Å². The van der Waals surface area contributed by atoms with E-state index in [4.69, 9.17) is 18.9 Å². The molecule has 5 nitrogen and oxygen atoms in total. The fraction of sp³-hybridized carbons (Fsp3) is 0.0870. The minimum atomic E-state index is -0.155. The highest BCUT2D eigenvalue weighted by molar-refractivity contribution is 9.10. The van der Waals surface area contributed by atoms with Gasteiger partial charge in [0.2, 0.25) is 12.6 Å². The van der Waals surface area contributed by atoms with Crippen LogP contribution >= 0.6 is 15.9 Å². The number of hydrogen-bond donors (Lipinski definition) is 0. The molecule has 3 aromatic carbocycles. The molecule has 0 radical (unpaired) electrons. The predicted octanol–water partition coefficient (Wildman–Crippen LogP) is 5.37. The molecule has 0 amide bonds. The number of benzene rings is 3. The zero-order valence-corrected chi connectivity index (χ0v) is 16.8. The summed E-state index contributed by atoms with van der Waals surface area (Å²) in [7, 11) is 0. The molecule has 2 aliphatic rings. The van der Waals surface area contributed by atoms with Gasteiger partial charge < -0.3 is 18.9 Å². The minimum Gasteiger partial charge on any atom is -0.489 e. The number of carbonyl (C=O) groups excluding carboxylic acids is 1. The number of ketones is 1. The van der Waals surface area contributed by atoms with Gasteiger partial charge in [0.25, 0.3) is 0 Å². The summed E-state index contributed by atoms with van der Waals surface area (Å²) in [6, 6.07) is 18.7. The lowest BCUT2D eigenvalue weighted by Crippen LogP contribution is -1.98. The molecule has 0 fully saturated rings. The molecule has 2 aliphatic heterocycles. The Morgan fingerprint density at radius 1 is 0.931 bits per heavy atom. The van der Waals surface area contributed by atoms with Crippen LogP contribution in [-0.4, -0.2) is 12.6 Å². The molecule has 0 aliphatic carbocycles. The zero-order valence-electron chi connectivity index (χ0n) is 15.2. The molecule has 0 bridgehead atoms. The maximum atomic E-state index is 12.7. The molecule has 0 saturated heterocycles. The summed E-state index contributed by atoms with van der Waals surface area (Å²) in [5.74, 6) is 2.60. The lowest BCUT2D eigenvalue weighted by Gasteiger charge is -2.07. The molecular weight excluding hydrogens is 436 g/mol. The van der Waals surface area contributed by atoms with Crippen molar-refractivity contribution in [2.24, 2.45) is 0 Å². The summed E-state index contributed by atoms with van der Waals surface area (Å²) in [5, 5.41) is 0. The van der Waals surface area contributed by atoms with Crippen LogP contribution in [0.15, 0.2) is 70.9 Å². The first kappa shape index (κ1) is 17.8. The fourth-order valence-electron chi connectivity index (χ4n) is 3.16. The molecule has 0 atom stereocenters. The maximum Gasteiger partial charge on any atom is 0.231 e. The number of rotatable bonds is 4. The van der Waals surface area contributed by atoms with Crippen LogP contribution < -0.4 is 18.9 Å². The van der Waals surface area contributed by atoms with Gasteiger partial charge in [-0.05, 0) is 53.6 Å². The first-order valence-electron chi connectivity index (χ1n) is 9.01. The van der Waals surface area contributed by atoms with Crippen LogP contribution in [0, 0.1) is 0 Å². The molecule has 5 rings (SSSR count). The van der Waals surface area contributed by atoms with Crippen molar-refractivity contribution >= 4 is 27.8 Å². The van der Waals surface area contributed by atoms with Gasteiger partial charge in [0.15, 0.2) is 17.3 Å². The largest absolute Gasteiger partial charge is 0.489 e. The van der Waals surface area contributed by atoms with Crippen molar-refractivity contribution < 1.29 is 23.7 Å². The average molecular weight is 451 g/mol. The van der Waals surface area contributed by atoms with E-state index in [-0.39, 0.29) is 18.3 Å². The number of fused-ring (bicyclic) bond motifs is 2. The van der Waals surface area contributed by atoms with Gasteiger partial charge in [-0.1, -0.05) is 34.1 Å². The third kappa shape index (κ3) is 3.59. The van der Waals surface area contributed by atoms with Crippen molar-refractivity contribution in [2.75, 3.05) is 6.79 Å². The Morgan fingerprint density at radius 3 is 2.62 bits per heavy atom. The highest BCUT2D eigenvalue weighted by Crippen LogP contribution is 2.37. The van der Waals surface area contributed by atoms with Crippen LogP contribution in [0.5, 0.6) is 23.0 Å².